The van der Waals surface area contributed by atoms with Crippen molar-refractivity contribution in [1.82, 2.24) is 10.2 Å². The molecule has 5 heteroatoms. The van der Waals surface area contributed by atoms with Crippen molar-refractivity contribution in [3.63, 3.8) is 0 Å². The predicted octanol–water partition coefficient (Wildman–Crippen LogP) is 1.01. The van der Waals surface area contributed by atoms with E-state index in [1.165, 1.54) is 0 Å². The number of carbonyl (C=O) groups excluding carboxylic acids is 1. The minimum atomic E-state index is -0.102. The first kappa shape index (κ1) is 16.7. The van der Waals surface area contributed by atoms with E-state index in [2.05, 4.69) is 24.1 Å². The van der Waals surface area contributed by atoms with Crippen LogP contribution in [-0.4, -0.2) is 61.4 Å². The van der Waals surface area contributed by atoms with Crippen LogP contribution in [0.15, 0.2) is 0 Å². The van der Waals surface area contributed by atoms with Gasteiger partial charge in [-0.15, -0.1) is 0 Å². The minimum Gasteiger partial charge on any atom is -0.396 e. The molecule has 122 valence electrons. The van der Waals surface area contributed by atoms with Crippen LogP contribution < -0.4 is 5.32 Å². The van der Waals surface area contributed by atoms with Gasteiger partial charge in [0.15, 0.2) is 0 Å². The number of piperidine rings is 1. The number of hydrogen-bond acceptors (Lipinski definition) is 4. The lowest BCUT2D eigenvalue weighted by Gasteiger charge is -2.47. The molecule has 2 aliphatic heterocycles. The van der Waals surface area contributed by atoms with Gasteiger partial charge in [0, 0.05) is 25.7 Å². The zero-order valence-electron chi connectivity index (χ0n) is 13.4. The summed E-state index contributed by atoms with van der Waals surface area (Å²) in [6.07, 6.45) is 4.17. The standard InChI is InChI=1S/C16H30N2O3/c1-3-4-7-17-15(20)14-6-5-13(2)18(8-14)9-16(10-19)11-21-12-16/h13-14,19H,3-12H2,1-2H3,(H,17,20). The summed E-state index contributed by atoms with van der Waals surface area (Å²) in [5.41, 5.74) is -0.102. The molecule has 0 bridgehead atoms. The van der Waals surface area contributed by atoms with Crippen LogP contribution in [0.3, 0.4) is 0 Å². The number of amides is 1. The fourth-order valence-corrected chi connectivity index (χ4v) is 3.20. The Morgan fingerprint density at radius 2 is 2.19 bits per heavy atom. The number of aliphatic hydroxyl groups is 1. The molecule has 0 aromatic carbocycles. The first-order valence-corrected chi connectivity index (χ1v) is 8.30. The van der Waals surface area contributed by atoms with Crippen LogP contribution in [0, 0.1) is 11.3 Å². The summed E-state index contributed by atoms with van der Waals surface area (Å²) in [5.74, 6) is 0.290. The highest BCUT2D eigenvalue weighted by molar-refractivity contribution is 5.78. The van der Waals surface area contributed by atoms with Crippen molar-refractivity contribution in [2.45, 2.75) is 45.6 Å². The van der Waals surface area contributed by atoms with Gasteiger partial charge in [-0.1, -0.05) is 13.3 Å². The summed E-state index contributed by atoms with van der Waals surface area (Å²) in [7, 11) is 0. The van der Waals surface area contributed by atoms with Crippen LogP contribution in [0.1, 0.15) is 39.5 Å². The number of nitrogens with zero attached hydrogens (tertiary/aromatic N) is 1. The molecular weight excluding hydrogens is 268 g/mol. The van der Waals surface area contributed by atoms with E-state index in [0.29, 0.717) is 19.3 Å². The molecule has 2 heterocycles. The highest BCUT2D eigenvalue weighted by Gasteiger charge is 2.42. The maximum absolute atomic E-state index is 12.2. The summed E-state index contributed by atoms with van der Waals surface area (Å²) >= 11 is 0. The van der Waals surface area contributed by atoms with Gasteiger partial charge in [0.1, 0.15) is 0 Å². The Hall–Kier alpha value is -0.650. The summed E-state index contributed by atoms with van der Waals surface area (Å²) in [4.78, 5) is 14.6. The zero-order valence-corrected chi connectivity index (χ0v) is 13.4. The summed E-state index contributed by atoms with van der Waals surface area (Å²) in [6, 6.07) is 0.480. The number of unbranched alkanes of at least 4 members (excludes halogenated alkanes) is 1. The van der Waals surface area contributed by atoms with Crippen molar-refractivity contribution in [2.75, 3.05) is 39.5 Å². The van der Waals surface area contributed by atoms with Crippen LogP contribution in [0.5, 0.6) is 0 Å². The second-order valence-corrected chi connectivity index (χ2v) is 6.85. The van der Waals surface area contributed by atoms with Crippen molar-refractivity contribution in [2.24, 2.45) is 11.3 Å². The highest BCUT2D eigenvalue weighted by atomic mass is 16.5. The van der Waals surface area contributed by atoms with Crippen molar-refractivity contribution >= 4 is 5.91 Å². The van der Waals surface area contributed by atoms with Crippen LogP contribution >= 0.6 is 0 Å². The molecule has 0 saturated carbocycles. The van der Waals surface area contributed by atoms with E-state index in [-0.39, 0.29) is 23.8 Å². The molecule has 2 saturated heterocycles. The van der Waals surface area contributed by atoms with Crippen LogP contribution in [-0.2, 0) is 9.53 Å². The Kier molecular flexibility index (Phi) is 6.02. The average Bonchev–Trinajstić information content (AvgIpc) is 2.45. The Morgan fingerprint density at radius 3 is 2.76 bits per heavy atom. The lowest BCUT2D eigenvalue weighted by Crippen LogP contribution is -2.57. The first-order valence-electron chi connectivity index (χ1n) is 8.30. The maximum atomic E-state index is 12.2. The van der Waals surface area contributed by atoms with Crippen LogP contribution in [0.4, 0.5) is 0 Å². The van der Waals surface area contributed by atoms with E-state index in [1.807, 2.05) is 0 Å². The third-order valence-corrected chi connectivity index (χ3v) is 4.90. The largest absolute Gasteiger partial charge is 0.396 e. The Bertz CT molecular complexity index is 339. The highest BCUT2D eigenvalue weighted by Crippen LogP contribution is 2.31. The monoisotopic (exact) mass is 298 g/mol. The van der Waals surface area contributed by atoms with Crippen LogP contribution in [0.2, 0.25) is 0 Å². The molecule has 2 rings (SSSR count). The van der Waals surface area contributed by atoms with Gasteiger partial charge in [-0.2, -0.15) is 0 Å². The molecule has 0 spiro atoms. The zero-order chi connectivity index (χ0) is 15.3. The van der Waals surface area contributed by atoms with Crippen molar-refractivity contribution in [1.29, 1.82) is 0 Å². The molecule has 5 nitrogen and oxygen atoms in total. The smallest absolute Gasteiger partial charge is 0.224 e. The minimum absolute atomic E-state index is 0.0924. The molecule has 2 unspecified atom stereocenters. The van der Waals surface area contributed by atoms with Gasteiger partial charge in [0.2, 0.25) is 5.91 Å². The summed E-state index contributed by atoms with van der Waals surface area (Å²) in [6.45, 7) is 8.23. The van der Waals surface area contributed by atoms with Crippen molar-refractivity contribution in [3.8, 4) is 0 Å². The normalized spacial score (nSPS) is 28.9. The Labute approximate surface area is 128 Å². The second-order valence-electron chi connectivity index (χ2n) is 6.85. The second kappa shape index (κ2) is 7.56. The average molecular weight is 298 g/mol. The van der Waals surface area contributed by atoms with E-state index >= 15 is 0 Å². The number of ether oxygens (including phenoxy) is 1. The van der Waals surface area contributed by atoms with Gasteiger partial charge >= 0.3 is 0 Å². The lowest BCUT2D eigenvalue weighted by molar-refractivity contribution is -0.156. The summed E-state index contributed by atoms with van der Waals surface area (Å²) in [5, 5.41) is 12.6. The number of likely N-dealkylation sites (tertiary alicyclic amines) is 1. The van der Waals surface area contributed by atoms with Crippen molar-refractivity contribution in [3.05, 3.63) is 0 Å². The Balaban J connectivity index is 1.85. The predicted molar refractivity (Wildman–Crippen MR) is 82.0 cm³/mol. The molecule has 0 aromatic heterocycles. The van der Waals surface area contributed by atoms with Gasteiger partial charge in [-0.25, -0.2) is 0 Å². The quantitative estimate of drug-likeness (QED) is 0.689. The molecule has 2 aliphatic rings. The SMILES string of the molecule is CCCCNC(=O)C1CCC(C)N(CC2(CO)COC2)C1. The lowest BCUT2D eigenvalue weighted by atomic mass is 9.83. The van der Waals surface area contributed by atoms with Crippen LogP contribution in [0.25, 0.3) is 0 Å². The first-order chi connectivity index (χ1) is 10.1. The number of nitrogens with one attached hydrogen (secondary N) is 1. The van der Waals surface area contributed by atoms with Gasteiger partial charge < -0.3 is 15.2 Å². The number of hydrogen-bond donors (Lipinski definition) is 2. The molecule has 1 amide bonds. The topological polar surface area (TPSA) is 61.8 Å². The van der Waals surface area contributed by atoms with E-state index in [9.17, 15) is 9.90 Å². The number of carbonyl (C=O) groups is 1. The van der Waals surface area contributed by atoms with Gasteiger partial charge in [-0.05, 0) is 26.2 Å². The van der Waals surface area contributed by atoms with E-state index < -0.39 is 0 Å². The maximum Gasteiger partial charge on any atom is 0.224 e. The molecule has 0 aliphatic carbocycles. The molecule has 2 atom stereocenters. The molecule has 2 fully saturated rings. The van der Waals surface area contributed by atoms with E-state index in [4.69, 9.17) is 4.74 Å². The molecule has 0 aromatic rings. The molecule has 0 radical (unpaired) electrons. The molecule has 2 N–H and O–H groups in total. The number of rotatable bonds is 7. The third-order valence-electron chi connectivity index (χ3n) is 4.90. The third kappa shape index (κ3) is 4.18. The van der Waals surface area contributed by atoms with Gasteiger partial charge in [0.05, 0.1) is 31.2 Å². The Morgan fingerprint density at radius 1 is 1.43 bits per heavy atom. The summed E-state index contributed by atoms with van der Waals surface area (Å²) < 4.78 is 5.28. The van der Waals surface area contributed by atoms with Crippen molar-refractivity contribution < 1.29 is 14.6 Å². The van der Waals surface area contributed by atoms with Gasteiger partial charge in [0.25, 0.3) is 0 Å². The van der Waals surface area contributed by atoms with Gasteiger partial charge in [-0.3, -0.25) is 9.69 Å². The fraction of sp³-hybridized carbons (Fsp3) is 0.938. The van der Waals surface area contributed by atoms with E-state index in [0.717, 1.165) is 45.3 Å². The molecule has 21 heavy (non-hydrogen) atoms. The number of aliphatic hydroxyl groups excluding tert-OH is 1. The van der Waals surface area contributed by atoms with E-state index in [1.54, 1.807) is 0 Å². The molecular formula is C16H30N2O3. The fourth-order valence-electron chi connectivity index (χ4n) is 3.20.